The zero-order valence-corrected chi connectivity index (χ0v) is 14.4. The summed E-state index contributed by atoms with van der Waals surface area (Å²) in [5.74, 6) is -0.260. The molecule has 0 radical (unpaired) electrons. The SMILES string of the molecule is O=C(CNc1ccc(Br)c(Cl)c1)Nc1c(Cl)cccc1Cl. The van der Waals surface area contributed by atoms with Crippen LogP contribution in [0.25, 0.3) is 0 Å². The van der Waals surface area contributed by atoms with Gasteiger partial charge in [-0.3, -0.25) is 4.79 Å². The Morgan fingerprint density at radius 3 is 2.33 bits per heavy atom. The second-order valence-corrected chi connectivity index (χ2v) is 6.20. The molecule has 0 saturated heterocycles. The summed E-state index contributed by atoms with van der Waals surface area (Å²) in [4.78, 5) is 11.9. The summed E-state index contributed by atoms with van der Waals surface area (Å²) in [6.07, 6.45) is 0. The van der Waals surface area contributed by atoms with Gasteiger partial charge >= 0.3 is 0 Å². The van der Waals surface area contributed by atoms with Gasteiger partial charge in [-0.05, 0) is 46.3 Å². The molecule has 2 N–H and O–H groups in total. The van der Waals surface area contributed by atoms with E-state index < -0.39 is 0 Å². The van der Waals surface area contributed by atoms with Crippen LogP contribution in [-0.4, -0.2) is 12.5 Å². The molecule has 1 amide bonds. The average molecular weight is 409 g/mol. The van der Waals surface area contributed by atoms with Crippen molar-refractivity contribution < 1.29 is 4.79 Å². The molecule has 0 saturated carbocycles. The number of carbonyl (C=O) groups is 1. The maximum absolute atomic E-state index is 11.9. The van der Waals surface area contributed by atoms with Crippen molar-refractivity contribution >= 4 is 68.0 Å². The lowest BCUT2D eigenvalue weighted by atomic mass is 10.3. The topological polar surface area (TPSA) is 41.1 Å². The van der Waals surface area contributed by atoms with E-state index in [1.54, 1.807) is 30.3 Å². The summed E-state index contributed by atoms with van der Waals surface area (Å²) in [5, 5.41) is 6.98. The zero-order valence-electron chi connectivity index (χ0n) is 10.6. The van der Waals surface area contributed by atoms with E-state index in [2.05, 4.69) is 26.6 Å². The molecule has 3 nitrogen and oxygen atoms in total. The van der Waals surface area contributed by atoms with Crippen LogP contribution in [0.3, 0.4) is 0 Å². The molecule has 0 fully saturated rings. The molecule has 0 spiro atoms. The fourth-order valence-corrected chi connectivity index (χ4v) is 2.51. The van der Waals surface area contributed by atoms with Gasteiger partial charge in [0.15, 0.2) is 0 Å². The first-order valence-electron chi connectivity index (χ1n) is 5.90. The van der Waals surface area contributed by atoms with Crippen molar-refractivity contribution in [3.63, 3.8) is 0 Å². The molecule has 2 rings (SSSR count). The van der Waals surface area contributed by atoms with E-state index in [4.69, 9.17) is 34.8 Å². The van der Waals surface area contributed by atoms with Crippen LogP contribution in [0.2, 0.25) is 15.1 Å². The summed E-state index contributed by atoms with van der Waals surface area (Å²) in [5.41, 5.74) is 1.14. The minimum Gasteiger partial charge on any atom is -0.376 e. The van der Waals surface area contributed by atoms with Crippen molar-refractivity contribution in [2.75, 3.05) is 17.2 Å². The molecule has 0 heterocycles. The Morgan fingerprint density at radius 1 is 1.05 bits per heavy atom. The summed E-state index contributed by atoms with van der Waals surface area (Å²) in [6, 6.07) is 10.4. The molecule has 0 aromatic heterocycles. The van der Waals surface area contributed by atoms with Crippen LogP contribution in [0.1, 0.15) is 0 Å². The third kappa shape index (κ3) is 4.51. The largest absolute Gasteiger partial charge is 0.376 e. The van der Waals surface area contributed by atoms with Gasteiger partial charge in [0.1, 0.15) is 0 Å². The highest BCUT2D eigenvalue weighted by molar-refractivity contribution is 9.10. The fraction of sp³-hybridized carbons (Fsp3) is 0.0714. The number of rotatable bonds is 4. The zero-order chi connectivity index (χ0) is 15.4. The minimum absolute atomic E-state index is 0.0690. The number of carbonyl (C=O) groups excluding carboxylic acids is 1. The summed E-state index contributed by atoms with van der Waals surface area (Å²) >= 11 is 21.3. The van der Waals surface area contributed by atoms with Crippen LogP contribution in [0.15, 0.2) is 40.9 Å². The van der Waals surface area contributed by atoms with Crippen LogP contribution in [-0.2, 0) is 4.79 Å². The number of halogens is 4. The lowest BCUT2D eigenvalue weighted by molar-refractivity contribution is -0.114. The number of hydrogen-bond donors (Lipinski definition) is 2. The predicted octanol–water partition coefficient (Wildman–Crippen LogP) is 5.46. The first-order valence-corrected chi connectivity index (χ1v) is 7.83. The molecule has 7 heteroatoms. The number of hydrogen-bond acceptors (Lipinski definition) is 2. The standard InChI is InChI=1S/C14H10BrCl3N2O/c15-9-5-4-8(6-12(9)18)19-7-13(21)20-14-10(16)2-1-3-11(14)17/h1-6,19H,7H2,(H,20,21). The fourth-order valence-electron chi connectivity index (χ4n) is 1.59. The third-order valence-electron chi connectivity index (χ3n) is 2.60. The Bertz CT molecular complexity index is 659. The van der Waals surface area contributed by atoms with Crippen LogP contribution in [0.4, 0.5) is 11.4 Å². The second-order valence-electron chi connectivity index (χ2n) is 4.13. The van der Waals surface area contributed by atoms with E-state index in [-0.39, 0.29) is 12.5 Å². The number of nitrogens with one attached hydrogen (secondary N) is 2. The molecule has 2 aromatic carbocycles. The van der Waals surface area contributed by atoms with E-state index in [0.29, 0.717) is 20.8 Å². The summed E-state index contributed by atoms with van der Waals surface area (Å²) in [6.45, 7) is 0.0690. The van der Waals surface area contributed by atoms with Crippen molar-refractivity contribution in [1.82, 2.24) is 0 Å². The van der Waals surface area contributed by atoms with E-state index in [9.17, 15) is 4.79 Å². The van der Waals surface area contributed by atoms with Crippen LogP contribution in [0.5, 0.6) is 0 Å². The van der Waals surface area contributed by atoms with Crippen LogP contribution in [0, 0.1) is 0 Å². The molecule has 2 aromatic rings. The van der Waals surface area contributed by atoms with Crippen molar-refractivity contribution in [1.29, 1.82) is 0 Å². The molecule has 0 aliphatic rings. The predicted molar refractivity (Wildman–Crippen MR) is 92.7 cm³/mol. The Kier molecular flexibility index (Phi) is 5.76. The molecule has 0 aliphatic heterocycles. The van der Waals surface area contributed by atoms with Gasteiger partial charge in [0.05, 0.1) is 27.3 Å². The average Bonchev–Trinajstić information content (AvgIpc) is 2.44. The smallest absolute Gasteiger partial charge is 0.243 e. The Balaban J connectivity index is 1.97. The molecule has 0 bridgehead atoms. The maximum atomic E-state index is 11.9. The van der Waals surface area contributed by atoms with Gasteiger partial charge in [-0.1, -0.05) is 40.9 Å². The number of amides is 1. The van der Waals surface area contributed by atoms with Crippen LogP contribution >= 0.6 is 50.7 Å². The van der Waals surface area contributed by atoms with Crippen molar-refractivity contribution in [3.05, 3.63) is 55.9 Å². The highest BCUT2D eigenvalue weighted by atomic mass is 79.9. The van der Waals surface area contributed by atoms with Gasteiger partial charge in [0.25, 0.3) is 0 Å². The Hall–Kier alpha value is -0.940. The lowest BCUT2D eigenvalue weighted by Gasteiger charge is -2.11. The molecular weight excluding hydrogens is 398 g/mol. The molecule has 0 unspecified atom stereocenters. The lowest BCUT2D eigenvalue weighted by Crippen LogP contribution is -2.22. The van der Waals surface area contributed by atoms with E-state index in [1.807, 2.05) is 6.07 Å². The quantitative estimate of drug-likeness (QED) is 0.705. The van der Waals surface area contributed by atoms with Gasteiger partial charge in [-0.25, -0.2) is 0 Å². The normalized spacial score (nSPS) is 10.3. The first kappa shape index (κ1) is 16.4. The molecule has 21 heavy (non-hydrogen) atoms. The van der Waals surface area contributed by atoms with Crippen molar-refractivity contribution in [3.8, 4) is 0 Å². The maximum Gasteiger partial charge on any atom is 0.243 e. The molecular formula is C14H10BrCl3N2O. The molecule has 110 valence electrons. The van der Waals surface area contributed by atoms with E-state index in [0.717, 1.165) is 10.2 Å². The second kappa shape index (κ2) is 7.36. The number of benzene rings is 2. The van der Waals surface area contributed by atoms with E-state index in [1.165, 1.54) is 0 Å². The molecule has 0 atom stereocenters. The number of anilines is 2. The van der Waals surface area contributed by atoms with Crippen LogP contribution < -0.4 is 10.6 Å². The van der Waals surface area contributed by atoms with Crippen molar-refractivity contribution in [2.24, 2.45) is 0 Å². The van der Waals surface area contributed by atoms with Gasteiger partial charge in [-0.15, -0.1) is 0 Å². The Morgan fingerprint density at radius 2 is 1.71 bits per heavy atom. The Labute approximate surface area is 145 Å². The minimum atomic E-state index is -0.260. The van der Waals surface area contributed by atoms with E-state index >= 15 is 0 Å². The van der Waals surface area contributed by atoms with Gasteiger partial charge in [-0.2, -0.15) is 0 Å². The highest BCUT2D eigenvalue weighted by Crippen LogP contribution is 2.29. The van der Waals surface area contributed by atoms with Gasteiger partial charge in [0, 0.05) is 10.2 Å². The van der Waals surface area contributed by atoms with Gasteiger partial charge in [0.2, 0.25) is 5.91 Å². The van der Waals surface area contributed by atoms with Crippen molar-refractivity contribution in [2.45, 2.75) is 0 Å². The summed E-state index contributed by atoms with van der Waals surface area (Å²) < 4.78 is 0.794. The third-order valence-corrected chi connectivity index (χ3v) is 4.46. The first-order chi connectivity index (χ1) is 9.97. The molecule has 0 aliphatic carbocycles. The monoisotopic (exact) mass is 406 g/mol. The number of para-hydroxylation sites is 1. The summed E-state index contributed by atoms with van der Waals surface area (Å²) in [7, 11) is 0. The van der Waals surface area contributed by atoms with Gasteiger partial charge < -0.3 is 10.6 Å². The highest BCUT2D eigenvalue weighted by Gasteiger charge is 2.09.